The van der Waals surface area contributed by atoms with Crippen molar-refractivity contribution in [3.05, 3.63) is 65.6 Å². The summed E-state index contributed by atoms with van der Waals surface area (Å²) in [6, 6.07) is 12.0. The van der Waals surface area contributed by atoms with Crippen molar-refractivity contribution < 1.29 is 13.9 Å². The van der Waals surface area contributed by atoms with Gasteiger partial charge in [-0.25, -0.2) is 9.18 Å². The van der Waals surface area contributed by atoms with Crippen LogP contribution in [0.25, 0.3) is 10.9 Å². The monoisotopic (exact) mass is 324 g/mol. The van der Waals surface area contributed by atoms with E-state index in [1.807, 2.05) is 31.2 Å². The van der Waals surface area contributed by atoms with Crippen molar-refractivity contribution in [1.29, 1.82) is 0 Å². The van der Waals surface area contributed by atoms with Crippen LogP contribution in [0, 0.1) is 12.7 Å². The van der Waals surface area contributed by atoms with Crippen LogP contribution in [-0.2, 0) is 4.74 Å². The molecule has 0 radical (unpaired) electrons. The van der Waals surface area contributed by atoms with E-state index in [0.29, 0.717) is 16.6 Å². The minimum Gasteiger partial charge on any atom is -0.462 e. The van der Waals surface area contributed by atoms with Crippen LogP contribution < -0.4 is 5.32 Å². The first-order valence-corrected chi connectivity index (χ1v) is 7.67. The van der Waals surface area contributed by atoms with Crippen molar-refractivity contribution in [3.63, 3.8) is 0 Å². The zero-order chi connectivity index (χ0) is 17.1. The van der Waals surface area contributed by atoms with Gasteiger partial charge in [0.1, 0.15) is 11.4 Å². The van der Waals surface area contributed by atoms with Gasteiger partial charge < -0.3 is 10.1 Å². The fourth-order valence-electron chi connectivity index (χ4n) is 2.44. The number of hydrogen-bond acceptors (Lipinski definition) is 4. The Hall–Kier alpha value is -2.95. The third-order valence-electron chi connectivity index (χ3n) is 3.65. The summed E-state index contributed by atoms with van der Waals surface area (Å²) < 4.78 is 18.8. The summed E-state index contributed by atoms with van der Waals surface area (Å²) >= 11 is 0. The number of pyridine rings is 1. The standard InChI is InChI=1S/C19H17FN2O2/c1-3-24-19(23)16-11-21-17-9-6-13(20)10-15(17)18(16)22-14-7-4-12(2)5-8-14/h4-11H,3H2,1-2H3,(H,21,22). The van der Waals surface area contributed by atoms with Crippen molar-refractivity contribution in [3.8, 4) is 0 Å². The summed E-state index contributed by atoms with van der Waals surface area (Å²) in [7, 11) is 0. The Morgan fingerprint density at radius 1 is 1.21 bits per heavy atom. The summed E-state index contributed by atoms with van der Waals surface area (Å²) in [5, 5.41) is 3.73. The molecule has 3 rings (SSSR count). The molecule has 122 valence electrons. The molecule has 0 fully saturated rings. The Morgan fingerprint density at radius 2 is 1.96 bits per heavy atom. The highest BCUT2D eigenvalue weighted by Crippen LogP contribution is 2.30. The second-order valence-corrected chi connectivity index (χ2v) is 5.42. The maximum Gasteiger partial charge on any atom is 0.341 e. The number of nitrogens with zero attached hydrogens (tertiary/aromatic N) is 1. The largest absolute Gasteiger partial charge is 0.462 e. The third-order valence-corrected chi connectivity index (χ3v) is 3.65. The molecule has 0 saturated carbocycles. The minimum atomic E-state index is -0.495. The summed E-state index contributed by atoms with van der Waals surface area (Å²) in [4.78, 5) is 16.5. The van der Waals surface area contributed by atoms with Gasteiger partial charge in [-0.05, 0) is 44.2 Å². The number of rotatable bonds is 4. The minimum absolute atomic E-state index is 0.254. The molecule has 4 nitrogen and oxygen atoms in total. The van der Waals surface area contributed by atoms with Gasteiger partial charge in [0.25, 0.3) is 0 Å². The molecule has 5 heteroatoms. The number of esters is 1. The lowest BCUT2D eigenvalue weighted by molar-refractivity contribution is 0.0527. The lowest BCUT2D eigenvalue weighted by Gasteiger charge is -2.14. The predicted octanol–water partition coefficient (Wildman–Crippen LogP) is 4.60. The van der Waals surface area contributed by atoms with Gasteiger partial charge >= 0.3 is 5.97 Å². The first-order chi connectivity index (χ1) is 11.6. The number of benzene rings is 2. The molecule has 1 N–H and O–H groups in total. The SMILES string of the molecule is CCOC(=O)c1cnc2ccc(F)cc2c1Nc1ccc(C)cc1. The molecule has 0 amide bonds. The predicted molar refractivity (Wildman–Crippen MR) is 92.1 cm³/mol. The highest BCUT2D eigenvalue weighted by atomic mass is 19.1. The number of aromatic nitrogens is 1. The molecule has 1 heterocycles. The zero-order valence-corrected chi connectivity index (χ0v) is 13.5. The van der Waals surface area contributed by atoms with Crippen molar-refractivity contribution in [1.82, 2.24) is 4.98 Å². The number of halogens is 1. The molecule has 0 aliphatic carbocycles. The van der Waals surface area contributed by atoms with E-state index in [4.69, 9.17) is 4.74 Å². The molecule has 1 aromatic heterocycles. The van der Waals surface area contributed by atoms with E-state index >= 15 is 0 Å². The quantitative estimate of drug-likeness (QED) is 0.712. The van der Waals surface area contributed by atoms with Crippen LogP contribution in [0.3, 0.4) is 0 Å². The second kappa shape index (κ2) is 6.66. The molecule has 24 heavy (non-hydrogen) atoms. The molecule has 0 atom stereocenters. The van der Waals surface area contributed by atoms with Gasteiger partial charge in [0, 0.05) is 17.3 Å². The fraction of sp³-hybridized carbons (Fsp3) is 0.158. The number of anilines is 2. The van der Waals surface area contributed by atoms with Gasteiger partial charge in [-0.1, -0.05) is 17.7 Å². The number of carbonyl (C=O) groups is 1. The Bertz CT molecular complexity index is 892. The summed E-state index contributed by atoms with van der Waals surface area (Å²) in [5.41, 5.74) is 3.27. The van der Waals surface area contributed by atoms with Gasteiger partial charge in [0.2, 0.25) is 0 Å². The Balaban J connectivity index is 2.16. The summed E-state index contributed by atoms with van der Waals surface area (Å²) in [5.74, 6) is -0.886. The highest BCUT2D eigenvalue weighted by Gasteiger charge is 2.17. The van der Waals surface area contributed by atoms with Gasteiger partial charge in [-0.3, -0.25) is 4.98 Å². The molecule has 0 spiro atoms. The highest BCUT2D eigenvalue weighted by molar-refractivity contribution is 6.06. The number of aryl methyl sites for hydroxylation is 1. The van der Waals surface area contributed by atoms with Crippen LogP contribution in [0.2, 0.25) is 0 Å². The number of ether oxygens (including phenoxy) is 1. The van der Waals surface area contributed by atoms with Crippen molar-refractivity contribution in [2.75, 3.05) is 11.9 Å². The average molecular weight is 324 g/mol. The van der Waals surface area contributed by atoms with Crippen molar-refractivity contribution in [2.24, 2.45) is 0 Å². The van der Waals surface area contributed by atoms with E-state index < -0.39 is 11.8 Å². The van der Waals surface area contributed by atoms with E-state index in [1.54, 1.807) is 13.0 Å². The maximum absolute atomic E-state index is 13.7. The zero-order valence-electron chi connectivity index (χ0n) is 13.5. The molecular formula is C19H17FN2O2. The lowest BCUT2D eigenvalue weighted by Crippen LogP contribution is -2.09. The van der Waals surface area contributed by atoms with E-state index in [0.717, 1.165) is 11.3 Å². The number of carbonyl (C=O) groups excluding carboxylic acids is 1. The van der Waals surface area contributed by atoms with Crippen LogP contribution in [0.1, 0.15) is 22.8 Å². The van der Waals surface area contributed by atoms with Crippen LogP contribution in [0.15, 0.2) is 48.7 Å². The lowest BCUT2D eigenvalue weighted by atomic mass is 10.1. The first kappa shape index (κ1) is 15.9. The molecule has 0 unspecified atom stereocenters. The third kappa shape index (κ3) is 3.20. The van der Waals surface area contributed by atoms with E-state index in [9.17, 15) is 9.18 Å². The van der Waals surface area contributed by atoms with Gasteiger partial charge in [-0.2, -0.15) is 0 Å². The smallest absolute Gasteiger partial charge is 0.341 e. The van der Waals surface area contributed by atoms with E-state index in [-0.39, 0.29) is 12.2 Å². The molecule has 0 aliphatic heterocycles. The van der Waals surface area contributed by atoms with Crippen molar-refractivity contribution in [2.45, 2.75) is 13.8 Å². The summed E-state index contributed by atoms with van der Waals surface area (Å²) in [6.07, 6.45) is 1.45. The molecule has 3 aromatic rings. The molecule has 0 aliphatic rings. The normalized spacial score (nSPS) is 10.6. The van der Waals surface area contributed by atoms with Crippen LogP contribution in [0.4, 0.5) is 15.8 Å². The van der Waals surface area contributed by atoms with Gasteiger partial charge in [-0.15, -0.1) is 0 Å². The van der Waals surface area contributed by atoms with Crippen LogP contribution >= 0.6 is 0 Å². The number of hydrogen-bond donors (Lipinski definition) is 1. The maximum atomic E-state index is 13.7. The molecule has 2 aromatic carbocycles. The number of nitrogens with one attached hydrogen (secondary N) is 1. The van der Waals surface area contributed by atoms with Crippen LogP contribution in [0.5, 0.6) is 0 Å². The second-order valence-electron chi connectivity index (χ2n) is 5.42. The van der Waals surface area contributed by atoms with Gasteiger partial charge in [0.05, 0.1) is 17.8 Å². The first-order valence-electron chi connectivity index (χ1n) is 7.67. The average Bonchev–Trinajstić information content (AvgIpc) is 2.57. The Kier molecular flexibility index (Phi) is 4.42. The van der Waals surface area contributed by atoms with Gasteiger partial charge in [0.15, 0.2) is 0 Å². The van der Waals surface area contributed by atoms with E-state index in [2.05, 4.69) is 10.3 Å². The molecule has 0 bridgehead atoms. The topological polar surface area (TPSA) is 51.2 Å². The summed E-state index contributed by atoms with van der Waals surface area (Å²) in [6.45, 7) is 3.98. The Morgan fingerprint density at radius 3 is 2.67 bits per heavy atom. The van der Waals surface area contributed by atoms with Crippen molar-refractivity contribution >= 4 is 28.2 Å². The molecule has 0 saturated heterocycles. The number of fused-ring (bicyclic) bond motifs is 1. The fourth-order valence-corrected chi connectivity index (χ4v) is 2.44. The Labute approximate surface area is 139 Å². The molecular weight excluding hydrogens is 307 g/mol. The van der Waals surface area contributed by atoms with E-state index in [1.165, 1.54) is 18.3 Å². The van der Waals surface area contributed by atoms with Crippen LogP contribution in [-0.4, -0.2) is 17.6 Å².